The molecule has 0 saturated carbocycles. The van der Waals surface area contributed by atoms with E-state index >= 15 is 0 Å². The smallest absolute Gasteiger partial charge is 0.253 e. The molecule has 2 aromatic rings. The first kappa shape index (κ1) is 21.0. The van der Waals surface area contributed by atoms with Gasteiger partial charge in [-0.2, -0.15) is 0 Å². The van der Waals surface area contributed by atoms with E-state index in [4.69, 9.17) is 0 Å². The minimum Gasteiger partial charge on any atom is -0.348 e. The Hall–Kier alpha value is -2.67. The van der Waals surface area contributed by atoms with Crippen LogP contribution in [-0.2, 0) is 24.2 Å². The molecule has 0 atom stereocenters. The van der Waals surface area contributed by atoms with Crippen LogP contribution in [-0.4, -0.2) is 16.8 Å². The molecular weight excluding hydrogens is 434 g/mol. The van der Waals surface area contributed by atoms with Crippen molar-refractivity contribution in [2.75, 3.05) is 5.32 Å². The van der Waals surface area contributed by atoms with Crippen molar-refractivity contribution in [3.05, 3.63) is 73.1 Å². The Morgan fingerprint density at radius 1 is 1.21 bits per heavy atom. The average molecular weight is 458 g/mol. The van der Waals surface area contributed by atoms with E-state index in [0.29, 0.717) is 26.9 Å². The summed E-state index contributed by atoms with van der Waals surface area (Å²) >= 11 is 3.38. The van der Waals surface area contributed by atoms with Gasteiger partial charge in [0, 0.05) is 33.5 Å². The van der Waals surface area contributed by atoms with E-state index in [9.17, 15) is 14.4 Å². The fraction of sp³-hybridized carbons (Fsp3) is 0.318. The van der Waals surface area contributed by atoms with E-state index in [1.165, 1.54) is 11.6 Å². The van der Waals surface area contributed by atoms with Gasteiger partial charge in [0.05, 0.1) is 0 Å². The van der Waals surface area contributed by atoms with E-state index in [-0.39, 0.29) is 23.9 Å². The Balaban J connectivity index is 1.86. The maximum absolute atomic E-state index is 12.9. The predicted octanol–water partition coefficient (Wildman–Crippen LogP) is 3.69. The van der Waals surface area contributed by atoms with Crippen LogP contribution in [0.2, 0.25) is 0 Å². The number of rotatable bonds is 5. The first-order chi connectivity index (χ1) is 13.8. The second kappa shape index (κ2) is 8.78. The van der Waals surface area contributed by atoms with Gasteiger partial charge in [0.15, 0.2) is 0 Å². The molecule has 0 spiro atoms. The number of anilines is 1. The number of carbonyl (C=O) groups is 2. The summed E-state index contributed by atoms with van der Waals surface area (Å²) in [6, 6.07) is 3.43. The molecule has 1 heterocycles. The van der Waals surface area contributed by atoms with Gasteiger partial charge in [0.25, 0.3) is 11.5 Å². The summed E-state index contributed by atoms with van der Waals surface area (Å²) in [6.07, 6.45) is 5.15. The third-order valence-electron chi connectivity index (χ3n) is 5.35. The van der Waals surface area contributed by atoms with Crippen molar-refractivity contribution in [3.8, 4) is 0 Å². The van der Waals surface area contributed by atoms with Crippen molar-refractivity contribution in [1.29, 1.82) is 0 Å². The van der Waals surface area contributed by atoms with Crippen LogP contribution in [0.5, 0.6) is 0 Å². The van der Waals surface area contributed by atoms with Crippen molar-refractivity contribution in [2.45, 2.75) is 46.1 Å². The zero-order valence-electron chi connectivity index (χ0n) is 16.6. The number of aromatic nitrogens is 1. The van der Waals surface area contributed by atoms with Crippen LogP contribution in [0.3, 0.4) is 0 Å². The zero-order valence-corrected chi connectivity index (χ0v) is 18.2. The molecule has 7 heteroatoms. The minimum atomic E-state index is -0.352. The third kappa shape index (κ3) is 4.50. The number of aromatic amines is 1. The van der Waals surface area contributed by atoms with E-state index < -0.39 is 0 Å². The summed E-state index contributed by atoms with van der Waals surface area (Å²) < 4.78 is 0.665. The summed E-state index contributed by atoms with van der Waals surface area (Å²) in [4.78, 5) is 40.0. The lowest BCUT2D eigenvalue weighted by atomic mass is 9.88. The number of pyridine rings is 1. The van der Waals surface area contributed by atoms with Crippen molar-refractivity contribution in [3.63, 3.8) is 0 Å². The molecule has 1 aromatic heterocycles. The molecule has 152 valence electrons. The molecule has 2 amide bonds. The summed E-state index contributed by atoms with van der Waals surface area (Å²) in [5, 5.41) is 5.58. The largest absolute Gasteiger partial charge is 0.348 e. The third-order valence-corrected chi connectivity index (χ3v) is 5.80. The Bertz CT molecular complexity index is 1060. The Kier molecular flexibility index (Phi) is 6.37. The first-order valence-electron chi connectivity index (χ1n) is 9.57. The highest BCUT2D eigenvalue weighted by atomic mass is 79.9. The zero-order chi connectivity index (χ0) is 21.1. The Labute approximate surface area is 177 Å². The number of benzene rings is 1. The van der Waals surface area contributed by atoms with Crippen LogP contribution in [0.1, 0.15) is 51.1 Å². The van der Waals surface area contributed by atoms with E-state index in [2.05, 4.69) is 38.1 Å². The van der Waals surface area contributed by atoms with Crippen LogP contribution in [0.15, 0.2) is 34.1 Å². The quantitative estimate of drug-likeness (QED) is 0.597. The van der Waals surface area contributed by atoms with Gasteiger partial charge in [0.2, 0.25) is 5.91 Å². The number of nitrogens with one attached hydrogen (secondary N) is 3. The predicted molar refractivity (Wildman–Crippen MR) is 117 cm³/mol. The molecule has 0 saturated heterocycles. The van der Waals surface area contributed by atoms with E-state index in [1.807, 2.05) is 6.92 Å². The number of halogens is 1. The van der Waals surface area contributed by atoms with Crippen LogP contribution in [0, 0.1) is 13.8 Å². The number of carbonyl (C=O) groups excluding carboxylic acids is 2. The van der Waals surface area contributed by atoms with Gasteiger partial charge < -0.3 is 15.6 Å². The minimum absolute atomic E-state index is 0.145. The summed E-state index contributed by atoms with van der Waals surface area (Å²) in [5.41, 5.74) is 5.28. The molecular formula is C22H24BrN3O3. The van der Waals surface area contributed by atoms with Crippen LogP contribution in [0.4, 0.5) is 5.69 Å². The van der Waals surface area contributed by atoms with Gasteiger partial charge in [-0.05, 0) is 74.4 Å². The number of H-pyrrole nitrogens is 1. The fourth-order valence-corrected chi connectivity index (χ4v) is 4.25. The van der Waals surface area contributed by atoms with Crippen molar-refractivity contribution in [2.24, 2.45) is 0 Å². The highest BCUT2D eigenvalue weighted by molar-refractivity contribution is 9.10. The molecule has 3 N–H and O–H groups in total. The van der Waals surface area contributed by atoms with E-state index in [0.717, 1.165) is 36.9 Å². The monoisotopic (exact) mass is 457 g/mol. The highest BCUT2D eigenvalue weighted by Crippen LogP contribution is 2.26. The fourth-order valence-electron chi connectivity index (χ4n) is 3.79. The maximum Gasteiger partial charge on any atom is 0.253 e. The second-order valence-corrected chi connectivity index (χ2v) is 8.14. The lowest BCUT2D eigenvalue weighted by molar-refractivity contribution is -0.111. The van der Waals surface area contributed by atoms with Crippen LogP contribution in [0.25, 0.3) is 0 Å². The van der Waals surface area contributed by atoms with Crippen molar-refractivity contribution < 1.29 is 9.59 Å². The molecule has 0 fully saturated rings. The summed E-state index contributed by atoms with van der Waals surface area (Å²) in [7, 11) is 0. The van der Waals surface area contributed by atoms with Gasteiger partial charge in [-0.25, -0.2) is 0 Å². The summed E-state index contributed by atoms with van der Waals surface area (Å²) in [6.45, 7) is 7.30. The lowest BCUT2D eigenvalue weighted by Gasteiger charge is -2.21. The normalized spacial score (nSPS) is 12.8. The van der Waals surface area contributed by atoms with Gasteiger partial charge >= 0.3 is 0 Å². The molecule has 0 bridgehead atoms. The van der Waals surface area contributed by atoms with Gasteiger partial charge in [-0.1, -0.05) is 22.5 Å². The van der Waals surface area contributed by atoms with Gasteiger partial charge in [-0.15, -0.1) is 0 Å². The number of hydrogen-bond acceptors (Lipinski definition) is 3. The molecule has 3 rings (SSSR count). The number of aryl methyl sites for hydroxylation is 1. The molecule has 29 heavy (non-hydrogen) atoms. The Morgan fingerprint density at radius 2 is 1.90 bits per heavy atom. The topological polar surface area (TPSA) is 91.1 Å². The van der Waals surface area contributed by atoms with Crippen LogP contribution >= 0.6 is 15.9 Å². The van der Waals surface area contributed by atoms with Gasteiger partial charge in [0.1, 0.15) is 0 Å². The Morgan fingerprint density at radius 3 is 2.59 bits per heavy atom. The number of amides is 2. The number of fused-ring (bicyclic) bond motifs is 1. The second-order valence-electron chi connectivity index (χ2n) is 7.22. The van der Waals surface area contributed by atoms with E-state index in [1.54, 1.807) is 19.1 Å². The van der Waals surface area contributed by atoms with Crippen molar-refractivity contribution in [1.82, 2.24) is 10.3 Å². The maximum atomic E-state index is 12.9. The molecule has 0 radical (unpaired) electrons. The molecule has 1 aromatic carbocycles. The molecule has 0 aliphatic heterocycles. The van der Waals surface area contributed by atoms with Gasteiger partial charge in [-0.3, -0.25) is 14.4 Å². The van der Waals surface area contributed by atoms with Crippen LogP contribution < -0.4 is 16.2 Å². The SMILES string of the molecule is C=CC(=O)Nc1cc(Br)cc(C(=O)NCc2c3c(c(C)[nH]c2=O)CCCC3)c1C. The van der Waals surface area contributed by atoms with Crippen molar-refractivity contribution >= 4 is 33.4 Å². The standard InChI is InChI=1S/C22H24BrN3O3/c1-4-20(27)26-19-10-14(23)9-17(12(19)2)21(28)24-11-18-16-8-6-5-7-15(16)13(3)25-22(18)29/h4,9-10H,1,5-8,11H2,2-3H3,(H,24,28)(H,25,29)(H,26,27). The number of hydrogen-bond donors (Lipinski definition) is 3. The lowest BCUT2D eigenvalue weighted by Crippen LogP contribution is -2.30. The molecule has 6 nitrogen and oxygen atoms in total. The molecule has 1 aliphatic rings. The first-order valence-corrected chi connectivity index (χ1v) is 10.4. The average Bonchev–Trinajstić information content (AvgIpc) is 2.69. The highest BCUT2D eigenvalue weighted by Gasteiger charge is 2.20. The molecule has 0 unspecified atom stereocenters. The summed E-state index contributed by atoms with van der Waals surface area (Å²) in [5.74, 6) is -0.655. The molecule has 1 aliphatic carbocycles.